The van der Waals surface area contributed by atoms with Crippen LogP contribution in [0.3, 0.4) is 0 Å². The molecule has 0 unspecified atom stereocenters. The highest BCUT2D eigenvalue weighted by atomic mass is 127. The number of aromatic nitrogens is 1. The summed E-state index contributed by atoms with van der Waals surface area (Å²) in [4.78, 5) is 4.19. The lowest BCUT2D eigenvalue weighted by atomic mass is 10.1. The lowest BCUT2D eigenvalue weighted by molar-refractivity contribution is 0.372. The minimum absolute atomic E-state index is 0. The summed E-state index contributed by atoms with van der Waals surface area (Å²) < 4.78 is 5.30. The SMILES string of the molecule is CN=C(NCCc1cc(Cl)cc(Cl)c1)NCc1cc(C(C)C)no1.I. The standard InChI is InChI=1S/C17H22Cl2N4O.HI/c1-11(2)16-9-15(24-23-16)10-22-17(20-3)21-5-4-12-6-13(18)8-14(19)7-12;/h6-9,11H,4-5,10H2,1-3H3,(H2,20,21,22);1H. The quantitative estimate of drug-likeness (QED) is 0.347. The summed E-state index contributed by atoms with van der Waals surface area (Å²) in [5.41, 5.74) is 2.03. The molecule has 0 bridgehead atoms. The predicted octanol–water partition coefficient (Wildman–Crippen LogP) is 4.63. The largest absolute Gasteiger partial charge is 0.359 e. The molecule has 0 atom stereocenters. The zero-order valence-electron chi connectivity index (χ0n) is 14.5. The molecule has 0 saturated heterocycles. The topological polar surface area (TPSA) is 62.5 Å². The summed E-state index contributed by atoms with van der Waals surface area (Å²) in [6, 6.07) is 7.50. The van der Waals surface area contributed by atoms with Crippen molar-refractivity contribution in [3.05, 3.63) is 51.3 Å². The van der Waals surface area contributed by atoms with Crippen LogP contribution in [-0.2, 0) is 13.0 Å². The summed E-state index contributed by atoms with van der Waals surface area (Å²) in [5, 5.41) is 11.8. The Morgan fingerprint density at radius 1 is 1.16 bits per heavy atom. The summed E-state index contributed by atoms with van der Waals surface area (Å²) in [5.74, 6) is 1.83. The molecule has 1 aromatic heterocycles. The third-order valence-corrected chi connectivity index (χ3v) is 3.89. The van der Waals surface area contributed by atoms with Gasteiger partial charge in [0.05, 0.1) is 12.2 Å². The van der Waals surface area contributed by atoms with Crippen LogP contribution < -0.4 is 10.6 Å². The van der Waals surface area contributed by atoms with Crippen molar-refractivity contribution in [2.24, 2.45) is 4.99 Å². The molecule has 25 heavy (non-hydrogen) atoms. The van der Waals surface area contributed by atoms with E-state index in [-0.39, 0.29) is 24.0 Å². The van der Waals surface area contributed by atoms with E-state index in [0.717, 1.165) is 23.4 Å². The maximum absolute atomic E-state index is 6.00. The van der Waals surface area contributed by atoms with E-state index in [1.165, 1.54) is 0 Å². The van der Waals surface area contributed by atoms with Crippen LogP contribution >= 0.6 is 47.2 Å². The highest BCUT2D eigenvalue weighted by molar-refractivity contribution is 14.0. The van der Waals surface area contributed by atoms with Crippen molar-refractivity contribution in [3.63, 3.8) is 0 Å². The van der Waals surface area contributed by atoms with Crippen molar-refractivity contribution < 1.29 is 4.52 Å². The van der Waals surface area contributed by atoms with Crippen molar-refractivity contribution in [2.45, 2.75) is 32.7 Å². The number of guanidine groups is 1. The first-order chi connectivity index (χ1) is 11.5. The van der Waals surface area contributed by atoms with Gasteiger partial charge in [-0.1, -0.05) is 42.2 Å². The van der Waals surface area contributed by atoms with Crippen LogP contribution in [0.5, 0.6) is 0 Å². The van der Waals surface area contributed by atoms with Crippen molar-refractivity contribution >= 4 is 53.1 Å². The second-order valence-electron chi connectivity index (χ2n) is 5.75. The highest BCUT2D eigenvalue weighted by Crippen LogP contribution is 2.19. The van der Waals surface area contributed by atoms with Gasteiger partial charge in [-0.2, -0.15) is 0 Å². The Morgan fingerprint density at radius 2 is 1.84 bits per heavy atom. The number of rotatable bonds is 6. The van der Waals surface area contributed by atoms with E-state index < -0.39 is 0 Å². The average Bonchev–Trinajstić information content (AvgIpc) is 2.99. The second kappa shape index (κ2) is 10.9. The first-order valence-electron chi connectivity index (χ1n) is 7.83. The van der Waals surface area contributed by atoms with Gasteiger partial charge in [0, 0.05) is 29.7 Å². The lowest BCUT2D eigenvalue weighted by Crippen LogP contribution is -2.37. The van der Waals surface area contributed by atoms with Gasteiger partial charge in [0.25, 0.3) is 0 Å². The predicted molar refractivity (Wildman–Crippen MR) is 114 cm³/mol. The van der Waals surface area contributed by atoms with Gasteiger partial charge in [-0.25, -0.2) is 0 Å². The summed E-state index contributed by atoms with van der Waals surface area (Å²) in [6.07, 6.45) is 0.792. The zero-order valence-corrected chi connectivity index (χ0v) is 18.3. The van der Waals surface area contributed by atoms with Gasteiger partial charge in [0.2, 0.25) is 0 Å². The molecular formula is C17H23Cl2IN4O. The number of hydrogen-bond donors (Lipinski definition) is 2. The molecule has 1 heterocycles. The molecule has 0 aliphatic carbocycles. The molecule has 0 spiro atoms. The smallest absolute Gasteiger partial charge is 0.191 e. The number of halogens is 3. The molecule has 0 fully saturated rings. The number of nitrogens with one attached hydrogen (secondary N) is 2. The van der Waals surface area contributed by atoms with Crippen LogP contribution in [0.2, 0.25) is 10.0 Å². The first kappa shape index (κ1) is 22.1. The van der Waals surface area contributed by atoms with Crippen molar-refractivity contribution in [1.82, 2.24) is 15.8 Å². The number of hydrogen-bond acceptors (Lipinski definition) is 3. The van der Waals surface area contributed by atoms with E-state index >= 15 is 0 Å². The molecule has 1 aromatic carbocycles. The first-order valence-corrected chi connectivity index (χ1v) is 8.58. The van der Waals surface area contributed by atoms with Crippen LogP contribution in [-0.4, -0.2) is 24.7 Å². The van der Waals surface area contributed by atoms with E-state index in [1.54, 1.807) is 13.1 Å². The normalized spacial score (nSPS) is 11.4. The van der Waals surface area contributed by atoms with Crippen LogP contribution in [0, 0.1) is 0 Å². The molecule has 0 amide bonds. The van der Waals surface area contributed by atoms with E-state index in [2.05, 4.69) is 34.6 Å². The molecule has 2 aromatic rings. The number of benzene rings is 1. The average molecular weight is 497 g/mol. The monoisotopic (exact) mass is 496 g/mol. The van der Waals surface area contributed by atoms with E-state index in [9.17, 15) is 0 Å². The molecule has 0 aliphatic heterocycles. The number of aliphatic imine (C=N–C) groups is 1. The van der Waals surface area contributed by atoms with Gasteiger partial charge >= 0.3 is 0 Å². The van der Waals surface area contributed by atoms with Gasteiger partial charge < -0.3 is 15.2 Å². The Morgan fingerprint density at radius 3 is 2.40 bits per heavy atom. The van der Waals surface area contributed by atoms with Crippen molar-refractivity contribution in [2.75, 3.05) is 13.6 Å². The Hall–Kier alpha value is -0.990. The second-order valence-corrected chi connectivity index (χ2v) is 6.63. The van der Waals surface area contributed by atoms with Gasteiger partial charge in [-0.3, -0.25) is 4.99 Å². The van der Waals surface area contributed by atoms with E-state index in [1.807, 2.05) is 18.2 Å². The van der Waals surface area contributed by atoms with E-state index in [0.29, 0.717) is 35.0 Å². The summed E-state index contributed by atoms with van der Waals surface area (Å²) in [6.45, 7) is 5.40. The van der Waals surface area contributed by atoms with Crippen molar-refractivity contribution in [1.29, 1.82) is 0 Å². The van der Waals surface area contributed by atoms with Crippen LogP contribution in [0.4, 0.5) is 0 Å². The fourth-order valence-electron chi connectivity index (χ4n) is 2.16. The third kappa shape index (κ3) is 7.42. The molecule has 2 N–H and O–H groups in total. The Labute approximate surface area is 175 Å². The number of nitrogens with zero attached hydrogens (tertiary/aromatic N) is 2. The molecule has 5 nitrogen and oxygen atoms in total. The molecule has 8 heteroatoms. The molecule has 138 valence electrons. The van der Waals surface area contributed by atoms with Gasteiger partial charge in [-0.15, -0.1) is 24.0 Å². The highest BCUT2D eigenvalue weighted by Gasteiger charge is 2.08. The van der Waals surface area contributed by atoms with Crippen LogP contribution in [0.1, 0.15) is 36.8 Å². The van der Waals surface area contributed by atoms with E-state index in [4.69, 9.17) is 27.7 Å². The lowest BCUT2D eigenvalue weighted by Gasteiger charge is -2.11. The van der Waals surface area contributed by atoms with Crippen LogP contribution in [0.25, 0.3) is 0 Å². The fourth-order valence-corrected chi connectivity index (χ4v) is 2.73. The minimum atomic E-state index is 0. The van der Waals surface area contributed by atoms with Crippen molar-refractivity contribution in [3.8, 4) is 0 Å². The third-order valence-electron chi connectivity index (χ3n) is 3.45. The van der Waals surface area contributed by atoms with Gasteiger partial charge in [0.15, 0.2) is 11.7 Å². The maximum Gasteiger partial charge on any atom is 0.191 e. The molecule has 0 saturated carbocycles. The minimum Gasteiger partial charge on any atom is -0.359 e. The fraction of sp³-hybridized carbons (Fsp3) is 0.412. The molecule has 2 rings (SSSR count). The molecule has 0 radical (unpaired) electrons. The van der Waals surface area contributed by atoms with Gasteiger partial charge in [-0.05, 0) is 36.1 Å². The van der Waals surface area contributed by atoms with Crippen LogP contribution in [0.15, 0.2) is 33.8 Å². The maximum atomic E-state index is 6.00. The summed E-state index contributed by atoms with van der Waals surface area (Å²) in [7, 11) is 1.73. The Bertz CT molecular complexity index is 683. The summed E-state index contributed by atoms with van der Waals surface area (Å²) >= 11 is 12.0. The zero-order chi connectivity index (χ0) is 17.5. The Kier molecular flexibility index (Phi) is 9.60. The molecular weight excluding hydrogens is 474 g/mol. The van der Waals surface area contributed by atoms with Gasteiger partial charge in [0.1, 0.15) is 0 Å². The Balaban J connectivity index is 0.00000312. The molecule has 0 aliphatic rings.